The summed E-state index contributed by atoms with van der Waals surface area (Å²) in [4.78, 5) is 36.9. The monoisotopic (exact) mass is 242 g/mol. The maximum absolute atomic E-state index is 11.9. The highest BCUT2D eigenvalue weighted by atomic mass is 16.4. The lowest BCUT2D eigenvalue weighted by atomic mass is 10.2. The van der Waals surface area contributed by atoms with Crippen LogP contribution in [-0.4, -0.2) is 59.9 Å². The Labute approximate surface area is 100 Å². The van der Waals surface area contributed by atoms with Gasteiger partial charge in [-0.25, -0.2) is 0 Å². The van der Waals surface area contributed by atoms with Crippen LogP contribution in [-0.2, 0) is 14.4 Å². The van der Waals surface area contributed by atoms with Crippen molar-refractivity contribution in [2.24, 2.45) is 11.8 Å². The van der Waals surface area contributed by atoms with Gasteiger partial charge in [0.15, 0.2) is 0 Å². The van der Waals surface area contributed by atoms with E-state index in [0.29, 0.717) is 13.0 Å². The number of amides is 2. The summed E-state index contributed by atoms with van der Waals surface area (Å²) in [5.41, 5.74) is 0. The van der Waals surface area contributed by atoms with Gasteiger partial charge in [0, 0.05) is 20.6 Å². The first kappa shape index (κ1) is 13.5. The van der Waals surface area contributed by atoms with Gasteiger partial charge in [-0.2, -0.15) is 0 Å². The molecule has 2 atom stereocenters. The number of likely N-dealkylation sites (N-methyl/N-ethyl adjacent to an activating group) is 2. The lowest BCUT2D eigenvalue weighted by Gasteiger charge is -2.22. The van der Waals surface area contributed by atoms with Gasteiger partial charge in [-0.1, -0.05) is 0 Å². The van der Waals surface area contributed by atoms with Gasteiger partial charge in [0.1, 0.15) is 0 Å². The summed E-state index contributed by atoms with van der Waals surface area (Å²) < 4.78 is 0. The van der Waals surface area contributed by atoms with Crippen LogP contribution in [0.3, 0.4) is 0 Å². The van der Waals surface area contributed by atoms with E-state index < -0.39 is 17.8 Å². The number of hydrogen-bond donors (Lipinski definition) is 1. The van der Waals surface area contributed by atoms with E-state index in [0.717, 1.165) is 0 Å². The molecular weight excluding hydrogens is 224 g/mol. The summed E-state index contributed by atoms with van der Waals surface area (Å²) in [7, 11) is 3.25. The Morgan fingerprint density at radius 3 is 2.18 bits per heavy atom. The molecule has 0 spiro atoms. The van der Waals surface area contributed by atoms with Crippen LogP contribution in [0.1, 0.15) is 13.3 Å². The molecule has 6 heteroatoms. The number of carbonyl (C=O) groups is 3. The minimum absolute atomic E-state index is 0.0190. The van der Waals surface area contributed by atoms with Crippen molar-refractivity contribution in [3.05, 3.63) is 0 Å². The number of carboxylic acids is 1. The Kier molecular flexibility index (Phi) is 4.09. The van der Waals surface area contributed by atoms with Crippen molar-refractivity contribution < 1.29 is 19.5 Å². The average Bonchev–Trinajstić information content (AvgIpc) is 3.04. The molecule has 0 aliphatic heterocycles. The van der Waals surface area contributed by atoms with Gasteiger partial charge in [-0.05, 0) is 13.3 Å². The molecule has 1 rings (SSSR count). The first-order valence-electron chi connectivity index (χ1n) is 5.60. The molecule has 1 fully saturated rings. The molecule has 0 radical (unpaired) electrons. The Morgan fingerprint density at radius 2 is 1.82 bits per heavy atom. The molecule has 0 unspecified atom stereocenters. The molecule has 96 valence electrons. The summed E-state index contributed by atoms with van der Waals surface area (Å²) >= 11 is 0. The van der Waals surface area contributed by atoms with E-state index in [1.807, 2.05) is 0 Å². The quantitative estimate of drug-likeness (QED) is 0.714. The minimum Gasteiger partial charge on any atom is -0.481 e. The second kappa shape index (κ2) is 5.16. The fourth-order valence-electron chi connectivity index (χ4n) is 1.63. The van der Waals surface area contributed by atoms with Crippen molar-refractivity contribution in [1.82, 2.24) is 9.80 Å². The molecule has 0 bridgehead atoms. The predicted octanol–water partition coefficient (Wildman–Crippen LogP) is -0.356. The van der Waals surface area contributed by atoms with Crippen molar-refractivity contribution in [2.75, 3.05) is 27.2 Å². The SMILES string of the molecule is CCN(CC(=O)N(C)C)C(=O)[C@@H]1C[C@@H]1C(=O)O. The van der Waals surface area contributed by atoms with E-state index in [4.69, 9.17) is 5.11 Å². The average molecular weight is 242 g/mol. The van der Waals surface area contributed by atoms with E-state index in [-0.39, 0.29) is 18.4 Å². The number of carboxylic acid groups (broad SMARTS) is 1. The number of rotatable bonds is 5. The molecule has 0 saturated heterocycles. The second-order valence-electron chi connectivity index (χ2n) is 4.43. The number of nitrogens with zero attached hydrogens (tertiary/aromatic N) is 2. The standard InChI is InChI=1S/C11H18N2O4/c1-4-13(6-9(14)12(2)3)10(15)7-5-8(7)11(16)17/h7-8H,4-6H2,1-3H3,(H,16,17)/t7-,8+/m1/s1. The Bertz CT molecular complexity index is 340. The molecule has 0 aromatic rings. The second-order valence-corrected chi connectivity index (χ2v) is 4.43. The molecule has 1 aliphatic carbocycles. The molecule has 1 saturated carbocycles. The summed E-state index contributed by atoms with van der Waals surface area (Å²) in [6, 6.07) is 0. The van der Waals surface area contributed by atoms with Crippen LogP contribution in [0, 0.1) is 11.8 Å². The first-order valence-corrected chi connectivity index (χ1v) is 5.60. The summed E-state index contributed by atoms with van der Waals surface area (Å²) in [5.74, 6) is -2.32. The maximum atomic E-state index is 11.9. The smallest absolute Gasteiger partial charge is 0.307 e. The highest BCUT2D eigenvalue weighted by Crippen LogP contribution is 2.40. The summed E-state index contributed by atoms with van der Waals surface area (Å²) in [6.45, 7) is 2.21. The van der Waals surface area contributed by atoms with E-state index in [1.54, 1.807) is 21.0 Å². The molecule has 6 nitrogen and oxygen atoms in total. The zero-order valence-corrected chi connectivity index (χ0v) is 10.3. The molecular formula is C11H18N2O4. The molecule has 0 aromatic heterocycles. The zero-order chi connectivity index (χ0) is 13.2. The third-order valence-corrected chi connectivity index (χ3v) is 2.94. The largest absolute Gasteiger partial charge is 0.481 e. The van der Waals surface area contributed by atoms with E-state index in [1.165, 1.54) is 9.80 Å². The Hall–Kier alpha value is -1.59. The van der Waals surface area contributed by atoms with E-state index >= 15 is 0 Å². The Morgan fingerprint density at radius 1 is 1.24 bits per heavy atom. The van der Waals surface area contributed by atoms with Crippen LogP contribution in [0.15, 0.2) is 0 Å². The van der Waals surface area contributed by atoms with Gasteiger partial charge in [0.2, 0.25) is 11.8 Å². The fraction of sp³-hybridized carbons (Fsp3) is 0.727. The molecule has 2 amide bonds. The van der Waals surface area contributed by atoms with Crippen LogP contribution < -0.4 is 0 Å². The zero-order valence-electron chi connectivity index (χ0n) is 10.3. The highest BCUT2D eigenvalue weighted by Gasteiger charge is 2.49. The van der Waals surface area contributed by atoms with Crippen LogP contribution in [0.25, 0.3) is 0 Å². The third-order valence-electron chi connectivity index (χ3n) is 2.94. The van der Waals surface area contributed by atoms with Gasteiger partial charge in [0.25, 0.3) is 0 Å². The number of aliphatic carboxylic acids is 1. The van der Waals surface area contributed by atoms with Gasteiger partial charge < -0.3 is 14.9 Å². The van der Waals surface area contributed by atoms with Crippen molar-refractivity contribution in [2.45, 2.75) is 13.3 Å². The van der Waals surface area contributed by atoms with Gasteiger partial charge in [0.05, 0.1) is 18.4 Å². The van der Waals surface area contributed by atoms with Crippen LogP contribution >= 0.6 is 0 Å². The molecule has 1 aliphatic rings. The van der Waals surface area contributed by atoms with Crippen molar-refractivity contribution in [1.29, 1.82) is 0 Å². The van der Waals surface area contributed by atoms with Crippen LogP contribution in [0.2, 0.25) is 0 Å². The lowest BCUT2D eigenvalue weighted by Crippen LogP contribution is -2.41. The van der Waals surface area contributed by atoms with E-state index in [9.17, 15) is 14.4 Å². The Balaban J connectivity index is 2.54. The topological polar surface area (TPSA) is 77.9 Å². The van der Waals surface area contributed by atoms with Gasteiger partial charge >= 0.3 is 5.97 Å². The normalized spacial score (nSPS) is 21.8. The van der Waals surface area contributed by atoms with Gasteiger partial charge in [-0.3, -0.25) is 14.4 Å². The van der Waals surface area contributed by atoms with Crippen LogP contribution in [0.5, 0.6) is 0 Å². The molecule has 1 N–H and O–H groups in total. The highest BCUT2D eigenvalue weighted by molar-refractivity contribution is 5.91. The molecule has 0 heterocycles. The van der Waals surface area contributed by atoms with Crippen molar-refractivity contribution in [3.63, 3.8) is 0 Å². The van der Waals surface area contributed by atoms with Gasteiger partial charge in [-0.15, -0.1) is 0 Å². The predicted molar refractivity (Wildman–Crippen MR) is 60.2 cm³/mol. The lowest BCUT2D eigenvalue weighted by molar-refractivity contribution is -0.143. The van der Waals surface area contributed by atoms with Crippen molar-refractivity contribution in [3.8, 4) is 0 Å². The molecule has 17 heavy (non-hydrogen) atoms. The first-order chi connectivity index (χ1) is 7.88. The minimum atomic E-state index is -0.932. The van der Waals surface area contributed by atoms with Crippen LogP contribution in [0.4, 0.5) is 0 Å². The third kappa shape index (κ3) is 3.18. The van der Waals surface area contributed by atoms with E-state index in [2.05, 4.69) is 0 Å². The number of hydrogen-bond acceptors (Lipinski definition) is 3. The molecule has 0 aromatic carbocycles. The van der Waals surface area contributed by atoms with Crippen molar-refractivity contribution >= 4 is 17.8 Å². The maximum Gasteiger partial charge on any atom is 0.307 e. The summed E-state index contributed by atoms with van der Waals surface area (Å²) in [6.07, 6.45) is 0.390. The summed E-state index contributed by atoms with van der Waals surface area (Å²) in [5, 5.41) is 8.75. The fourth-order valence-corrected chi connectivity index (χ4v) is 1.63. The number of carbonyl (C=O) groups excluding carboxylic acids is 2.